The average Bonchev–Trinajstić information content (AvgIpc) is 1.83. The van der Waals surface area contributed by atoms with E-state index in [4.69, 9.17) is 5.21 Å². The third kappa shape index (κ3) is 5.30. The number of rotatable bonds is 4. The highest BCUT2D eigenvalue weighted by Gasteiger charge is 1.97. The SMILES string of the molecule is CC(C)CCN(O)C=O. The van der Waals surface area contributed by atoms with Crippen LogP contribution < -0.4 is 0 Å². The van der Waals surface area contributed by atoms with Gasteiger partial charge in [0.1, 0.15) is 0 Å². The lowest BCUT2D eigenvalue weighted by Crippen LogP contribution is -2.19. The first-order valence-corrected chi connectivity index (χ1v) is 3.07. The van der Waals surface area contributed by atoms with E-state index in [1.807, 2.05) is 13.8 Å². The predicted octanol–water partition coefficient (Wildman–Crippen LogP) is 0.880. The lowest BCUT2D eigenvalue weighted by atomic mass is 10.1. The molecule has 0 fully saturated rings. The molecule has 0 radical (unpaired) electrons. The van der Waals surface area contributed by atoms with Crippen LogP contribution in [0.25, 0.3) is 0 Å². The number of hydrogen-bond acceptors (Lipinski definition) is 2. The molecule has 0 rings (SSSR count). The Labute approximate surface area is 55.2 Å². The highest BCUT2D eigenvalue weighted by Crippen LogP contribution is 1.98. The van der Waals surface area contributed by atoms with Gasteiger partial charge in [-0.25, -0.2) is 5.06 Å². The Hall–Kier alpha value is -0.570. The normalized spacial score (nSPS) is 9.78. The summed E-state index contributed by atoms with van der Waals surface area (Å²) in [5, 5.41) is 9.24. The molecule has 0 bridgehead atoms. The second-order valence-corrected chi connectivity index (χ2v) is 2.45. The Balaban J connectivity index is 3.16. The van der Waals surface area contributed by atoms with E-state index in [1.165, 1.54) is 0 Å². The maximum absolute atomic E-state index is 9.79. The fourth-order valence-electron chi connectivity index (χ4n) is 0.443. The molecule has 0 atom stereocenters. The number of carbonyl (C=O) groups excluding carboxylic acids is 1. The van der Waals surface area contributed by atoms with E-state index in [2.05, 4.69) is 0 Å². The van der Waals surface area contributed by atoms with Gasteiger partial charge in [-0.3, -0.25) is 10.0 Å². The van der Waals surface area contributed by atoms with Gasteiger partial charge in [-0.2, -0.15) is 0 Å². The lowest BCUT2D eigenvalue weighted by Gasteiger charge is -2.08. The molecule has 9 heavy (non-hydrogen) atoms. The predicted molar refractivity (Wildman–Crippen MR) is 34.0 cm³/mol. The Kier molecular flexibility index (Phi) is 4.05. The molecule has 0 unspecified atom stereocenters. The average molecular weight is 131 g/mol. The smallest absolute Gasteiger partial charge is 0.233 e. The first-order chi connectivity index (χ1) is 4.16. The summed E-state index contributed by atoms with van der Waals surface area (Å²) in [6.07, 6.45) is 1.26. The van der Waals surface area contributed by atoms with Crippen molar-refractivity contribution in [3.63, 3.8) is 0 Å². The van der Waals surface area contributed by atoms with Crippen LogP contribution in [0.15, 0.2) is 0 Å². The molecule has 0 aliphatic carbocycles. The van der Waals surface area contributed by atoms with Crippen molar-refractivity contribution < 1.29 is 10.0 Å². The van der Waals surface area contributed by atoms with Crippen LogP contribution in [0.5, 0.6) is 0 Å². The van der Waals surface area contributed by atoms with Crippen LogP contribution in [0.1, 0.15) is 20.3 Å². The standard InChI is InChI=1S/C6H13NO2/c1-6(2)3-4-7(9)5-8/h5-6,9H,3-4H2,1-2H3. The van der Waals surface area contributed by atoms with E-state index in [-0.39, 0.29) is 0 Å². The zero-order chi connectivity index (χ0) is 7.28. The molecule has 0 aromatic rings. The van der Waals surface area contributed by atoms with Gasteiger partial charge in [-0.05, 0) is 12.3 Å². The van der Waals surface area contributed by atoms with Crippen molar-refractivity contribution in [3.8, 4) is 0 Å². The highest BCUT2D eigenvalue weighted by molar-refractivity contribution is 5.44. The van der Waals surface area contributed by atoms with Crippen LogP contribution >= 0.6 is 0 Å². The molecule has 0 heterocycles. The summed E-state index contributed by atoms with van der Waals surface area (Å²) < 4.78 is 0. The number of carbonyl (C=O) groups is 1. The van der Waals surface area contributed by atoms with Gasteiger partial charge in [0.05, 0.1) is 0 Å². The number of hydrogen-bond donors (Lipinski definition) is 1. The first kappa shape index (κ1) is 8.43. The number of hydroxylamine groups is 2. The maximum atomic E-state index is 9.79. The summed E-state index contributed by atoms with van der Waals surface area (Å²) in [4.78, 5) is 9.79. The topological polar surface area (TPSA) is 40.5 Å². The van der Waals surface area contributed by atoms with Crippen molar-refractivity contribution in [1.29, 1.82) is 0 Å². The van der Waals surface area contributed by atoms with E-state index in [9.17, 15) is 4.79 Å². The third-order valence-corrected chi connectivity index (χ3v) is 1.06. The molecule has 0 saturated carbocycles. The highest BCUT2D eigenvalue weighted by atomic mass is 16.5. The molecule has 0 spiro atoms. The summed E-state index contributed by atoms with van der Waals surface area (Å²) >= 11 is 0. The van der Waals surface area contributed by atoms with Crippen molar-refractivity contribution >= 4 is 6.41 Å². The molecule has 3 heteroatoms. The number of amides is 1. The van der Waals surface area contributed by atoms with Gasteiger partial charge in [0.15, 0.2) is 0 Å². The van der Waals surface area contributed by atoms with Crippen LogP contribution in [0.3, 0.4) is 0 Å². The molecule has 3 nitrogen and oxygen atoms in total. The van der Waals surface area contributed by atoms with E-state index in [1.54, 1.807) is 0 Å². The van der Waals surface area contributed by atoms with Crippen molar-refractivity contribution in [1.82, 2.24) is 5.06 Å². The van der Waals surface area contributed by atoms with Crippen LogP contribution in [0.2, 0.25) is 0 Å². The van der Waals surface area contributed by atoms with E-state index in [0.717, 1.165) is 6.42 Å². The maximum Gasteiger partial charge on any atom is 0.233 e. The van der Waals surface area contributed by atoms with Gasteiger partial charge >= 0.3 is 0 Å². The second kappa shape index (κ2) is 4.32. The van der Waals surface area contributed by atoms with Crippen LogP contribution in [-0.2, 0) is 4.79 Å². The summed E-state index contributed by atoms with van der Waals surface area (Å²) in [5.41, 5.74) is 0. The van der Waals surface area contributed by atoms with E-state index in [0.29, 0.717) is 23.9 Å². The van der Waals surface area contributed by atoms with Crippen molar-refractivity contribution in [2.45, 2.75) is 20.3 Å². The minimum absolute atomic E-state index is 0.419. The molecule has 0 aromatic heterocycles. The Bertz CT molecular complexity index is 83.1. The molecular weight excluding hydrogens is 118 g/mol. The monoisotopic (exact) mass is 131 g/mol. The second-order valence-electron chi connectivity index (χ2n) is 2.45. The molecular formula is C6H13NO2. The summed E-state index contributed by atoms with van der Waals surface area (Å²) in [6.45, 7) is 4.51. The van der Waals surface area contributed by atoms with Crippen LogP contribution in [0.4, 0.5) is 0 Å². The Morgan fingerprint density at radius 3 is 2.56 bits per heavy atom. The number of nitrogens with zero attached hydrogens (tertiary/aromatic N) is 1. The molecule has 0 aromatic carbocycles. The quantitative estimate of drug-likeness (QED) is 0.349. The minimum atomic E-state index is 0.419. The zero-order valence-electron chi connectivity index (χ0n) is 5.87. The van der Waals surface area contributed by atoms with E-state index < -0.39 is 0 Å². The minimum Gasteiger partial charge on any atom is -0.286 e. The summed E-state index contributed by atoms with van der Waals surface area (Å²) in [7, 11) is 0. The molecule has 1 amide bonds. The molecule has 0 aliphatic heterocycles. The van der Waals surface area contributed by atoms with Crippen molar-refractivity contribution in [2.24, 2.45) is 5.92 Å². The first-order valence-electron chi connectivity index (χ1n) is 3.07. The molecule has 1 N–H and O–H groups in total. The Morgan fingerprint density at radius 1 is 1.67 bits per heavy atom. The third-order valence-electron chi connectivity index (χ3n) is 1.06. The largest absolute Gasteiger partial charge is 0.286 e. The fourth-order valence-corrected chi connectivity index (χ4v) is 0.443. The molecule has 0 aliphatic rings. The van der Waals surface area contributed by atoms with Gasteiger partial charge in [-0.15, -0.1) is 0 Å². The van der Waals surface area contributed by atoms with Crippen LogP contribution in [0, 0.1) is 5.92 Å². The van der Waals surface area contributed by atoms with Gasteiger partial charge in [0, 0.05) is 6.54 Å². The molecule has 0 saturated heterocycles. The van der Waals surface area contributed by atoms with Crippen molar-refractivity contribution in [2.75, 3.05) is 6.54 Å². The van der Waals surface area contributed by atoms with Gasteiger partial charge in [0.2, 0.25) is 6.41 Å². The van der Waals surface area contributed by atoms with E-state index >= 15 is 0 Å². The van der Waals surface area contributed by atoms with Gasteiger partial charge in [-0.1, -0.05) is 13.8 Å². The molecule has 54 valence electrons. The Morgan fingerprint density at radius 2 is 2.22 bits per heavy atom. The van der Waals surface area contributed by atoms with Gasteiger partial charge < -0.3 is 0 Å². The van der Waals surface area contributed by atoms with Crippen LogP contribution in [-0.4, -0.2) is 23.2 Å². The zero-order valence-corrected chi connectivity index (χ0v) is 5.87. The van der Waals surface area contributed by atoms with Crippen molar-refractivity contribution in [3.05, 3.63) is 0 Å². The van der Waals surface area contributed by atoms with Gasteiger partial charge in [0.25, 0.3) is 0 Å². The summed E-state index contributed by atoms with van der Waals surface area (Å²) in [6, 6.07) is 0. The lowest BCUT2D eigenvalue weighted by molar-refractivity contribution is -0.150. The summed E-state index contributed by atoms with van der Waals surface area (Å²) in [5.74, 6) is 0.527. The fraction of sp³-hybridized carbons (Fsp3) is 0.833.